The summed E-state index contributed by atoms with van der Waals surface area (Å²) in [5, 5.41) is 2.76. The van der Waals surface area contributed by atoms with Gasteiger partial charge in [-0.1, -0.05) is 18.9 Å². The molecule has 1 amide bonds. The standard InChI is InChI=1S/C24H30F2N4O3/c1-16(30-11-10-24(25,26)20(14-30)18-6-9-22(31)28-12-18)23(32)29-21-8-7-19(13-27-21)33-15-17-4-2-3-5-17/h6-9,12-13,16-17,20H,2-5,10-11,14-15H2,1H3,(H,28,31)(H,27,29,32). The molecule has 1 saturated carbocycles. The average Bonchev–Trinajstić information content (AvgIpc) is 3.32. The number of rotatable bonds is 7. The van der Waals surface area contributed by atoms with Crippen LogP contribution in [0.3, 0.4) is 0 Å². The van der Waals surface area contributed by atoms with E-state index in [4.69, 9.17) is 4.74 Å². The van der Waals surface area contributed by atoms with E-state index in [1.807, 2.05) is 0 Å². The summed E-state index contributed by atoms with van der Waals surface area (Å²) < 4.78 is 35.0. The van der Waals surface area contributed by atoms with Gasteiger partial charge in [0.05, 0.1) is 24.8 Å². The molecule has 0 spiro atoms. The van der Waals surface area contributed by atoms with Crippen molar-refractivity contribution in [3.63, 3.8) is 0 Å². The van der Waals surface area contributed by atoms with Crippen molar-refractivity contribution >= 4 is 11.7 Å². The Balaban J connectivity index is 1.34. The van der Waals surface area contributed by atoms with Gasteiger partial charge in [-0.05, 0) is 43.4 Å². The van der Waals surface area contributed by atoms with Gasteiger partial charge in [0.2, 0.25) is 11.5 Å². The Morgan fingerprint density at radius 1 is 1.30 bits per heavy atom. The van der Waals surface area contributed by atoms with Gasteiger partial charge in [-0.3, -0.25) is 14.5 Å². The van der Waals surface area contributed by atoms with Crippen molar-refractivity contribution in [2.75, 3.05) is 25.0 Å². The van der Waals surface area contributed by atoms with Gasteiger partial charge in [-0.25, -0.2) is 13.8 Å². The van der Waals surface area contributed by atoms with E-state index in [1.54, 1.807) is 30.2 Å². The Morgan fingerprint density at radius 2 is 2.09 bits per heavy atom. The summed E-state index contributed by atoms with van der Waals surface area (Å²) in [7, 11) is 0. The summed E-state index contributed by atoms with van der Waals surface area (Å²) >= 11 is 0. The van der Waals surface area contributed by atoms with E-state index in [2.05, 4.69) is 15.3 Å². The van der Waals surface area contributed by atoms with Crippen molar-refractivity contribution in [1.82, 2.24) is 14.9 Å². The molecule has 1 aliphatic carbocycles. The van der Waals surface area contributed by atoms with E-state index < -0.39 is 17.9 Å². The quantitative estimate of drug-likeness (QED) is 0.657. The number of halogens is 2. The molecule has 2 aliphatic rings. The third-order valence-corrected chi connectivity index (χ3v) is 6.75. The fourth-order valence-corrected chi connectivity index (χ4v) is 4.59. The van der Waals surface area contributed by atoms with Gasteiger partial charge in [0.15, 0.2) is 0 Å². The molecule has 9 heteroatoms. The number of nitrogens with one attached hydrogen (secondary N) is 2. The van der Waals surface area contributed by atoms with Crippen molar-refractivity contribution in [3.05, 3.63) is 52.6 Å². The minimum Gasteiger partial charge on any atom is -0.492 e. The normalized spacial score (nSPS) is 22.1. The highest BCUT2D eigenvalue weighted by Crippen LogP contribution is 2.40. The van der Waals surface area contributed by atoms with Crippen LogP contribution >= 0.6 is 0 Å². The summed E-state index contributed by atoms with van der Waals surface area (Å²) in [6, 6.07) is 5.50. The van der Waals surface area contributed by atoms with E-state index in [-0.39, 0.29) is 31.0 Å². The van der Waals surface area contributed by atoms with Gasteiger partial charge in [0.25, 0.3) is 5.92 Å². The zero-order chi connectivity index (χ0) is 23.4. The lowest BCUT2D eigenvalue weighted by atomic mass is 9.87. The van der Waals surface area contributed by atoms with Gasteiger partial charge in [-0.2, -0.15) is 0 Å². The number of hydrogen-bond donors (Lipinski definition) is 2. The van der Waals surface area contributed by atoms with E-state index in [0.717, 1.165) is 0 Å². The third kappa shape index (κ3) is 5.76. The first kappa shape index (κ1) is 23.4. The summed E-state index contributed by atoms with van der Waals surface area (Å²) in [5.41, 5.74) is 0.0108. The van der Waals surface area contributed by atoms with Crippen LogP contribution in [-0.4, -0.2) is 52.4 Å². The number of piperidine rings is 1. The largest absolute Gasteiger partial charge is 0.492 e. The number of amides is 1. The molecule has 1 aliphatic heterocycles. The number of aromatic nitrogens is 2. The van der Waals surface area contributed by atoms with Crippen LogP contribution in [0.2, 0.25) is 0 Å². The number of hydrogen-bond acceptors (Lipinski definition) is 5. The van der Waals surface area contributed by atoms with E-state index in [9.17, 15) is 18.4 Å². The molecular formula is C24H30F2N4O3. The summed E-state index contributed by atoms with van der Waals surface area (Å²) in [5.74, 6) is -2.68. The number of ether oxygens (including phenoxy) is 1. The topological polar surface area (TPSA) is 87.3 Å². The van der Waals surface area contributed by atoms with Crippen molar-refractivity contribution in [2.24, 2.45) is 5.92 Å². The molecule has 0 aromatic carbocycles. The number of alkyl halides is 2. The lowest BCUT2D eigenvalue weighted by molar-refractivity contribution is -0.125. The lowest BCUT2D eigenvalue weighted by Gasteiger charge is -2.40. The molecule has 2 N–H and O–H groups in total. The number of carbonyl (C=O) groups excluding carboxylic acids is 1. The average molecular weight is 461 g/mol. The predicted molar refractivity (Wildman–Crippen MR) is 121 cm³/mol. The molecule has 7 nitrogen and oxygen atoms in total. The van der Waals surface area contributed by atoms with Crippen LogP contribution < -0.4 is 15.6 Å². The molecule has 2 fully saturated rings. The van der Waals surface area contributed by atoms with Crippen molar-refractivity contribution < 1.29 is 18.3 Å². The predicted octanol–water partition coefficient (Wildman–Crippen LogP) is 3.79. The summed E-state index contributed by atoms with van der Waals surface area (Å²) in [4.78, 5) is 32.5. The zero-order valence-electron chi connectivity index (χ0n) is 18.7. The van der Waals surface area contributed by atoms with E-state index >= 15 is 0 Å². The van der Waals surface area contributed by atoms with Gasteiger partial charge in [-0.15, -0.1) is 0 Å². The Bertz CT molecular complexity index is 985. The second-order valence-electron chi connectivity index (χ2n) is 9.05. The maximum atomic E-state index is 14.6. The molecule has 33 heavy (non-hydrogen) atoms. The number of likely N-dealkylation sites (tertiary alicyclic amines) is 1. The number of pyridine rings is 2. The maximum absolute atomic E-state index is 14.6. The van der Waals surface area contributed by atoms with Crippen LogP contribution in [-0.2, 0) is 4.79 Å². The summed E-state index contributed by atoms with van der Waals surface area (Å²) in [6.45, 7) is 2.49. The third-order valence-electron chi connectivity index (χ3n) is 6.75. The molecule has 0 bridgehead atoms. The second-order valence-corrected chi connectivity index (χ2v) is 9.05. The van der Waals surface area contributed by atoms with Crippen molar-refractivity contribution in [1.29, 1.82) is 0 Å². The van der Waals surface area contributed by atoms with Crippen LogP contribution in [0.15, 0.2) is 41.5 Å². The molecule has 2 unspecified atom stereocenters. The van der Waals surface area contributed by atoms with E-state index in [1.165, 1.54) is 44.0 Å². The molecule has 4 rings (SSSR count). The van der Waals surface area contributed by atoms with E-state index in [0.29, 0.717) is 29.7 Å². The molecular weight excluding hydrogens is 430 g/mol. The Morgan fingerprint density at radius 3 is 2.76 bits per heavy atom. The minimum absolute atomic E-state index is 0.00893. The SMILES string of the molecule is CC(C(=O)Nc1ccc(OCC2CCCC2)cn1)N1CCC(F)(F)C(c2ccc(=O)[nH]c2)C1. The van der Waals surface area contributed by atoms with Crippen LogP contribution in [0.1, 0.15) is 50.5 Å². The Hall–Kier alpha value is -2.81. The highest BCUT2D eigenvalue weighted by atomic mass is 19.3. The first-order valence-electron chi connectivity index (χ1n) is 11.5. The van der Waals surface area contributed by atoms with Crippen LogP contribution in [0.5, 0.6) is 5.75 Å². The first-order chi connectivity index (χ1) is 15.8. The molecule has 0 radical (unpaired) electrons. The molecule has 3 heterocycles. The molecule has 178 valence electrons. The lowest BCUT2D eigenvalue weighted by Crippen LogP contribution is -2.52. The smallest absolute Gasteiger partial charge is 0.257 e. The van der Waals surface area contributed by atoms with Crippen molar-refractivity contribution in [2.45, 2.75) is 56.9 Å². The molecule has 1 saturated heterocycles. The highest BCUT2D eigenvalue weighted by molar-refractivity contribution is 5.93. The number of carbonyl (C=O) groups is 1. The van der Waals surface area contributed by atoms with Crippen LogP contribution in [0.4, 0.5) is 14.6 Å². The Labute approximate surface area is 191 Å². The van der Waals surface area contributed by atoms with Crippen LogP contribution in [0.25, 0.3) is 0 Å². The molecule has 2 atom stereocenters. The number of H-pyrrole nitrogens is 1. The van der Waals surface area contributed by atoms with Gasteiger partial charge in [0.1, 0.15) is 11.6 Å². The fraction of sp³-hybridized carbons (Fsp3) is 0.542. The van der Waals surface area contributed by atoms with Gasteiger partial charge in [0, 0.05) is 31.8 Å². The minimum atomic E-state index is -2.92. The number of aromatic amines is 1. The number of anilines is 1. The molecule has 2 aromatic rings. The fourth-order valence-electron chi connectivity index (χ4n) is 4.59. The monoisotopic (exact) mass is 460 g/mol. The van der Waals surface area contributed by atoms with Crippen molar-refractivity contribution in [3.8, 4) is 5.75 Å². The van der Waals surface area contributed by atoms with Crippen LogP contribution in [0, 0.1) is 5.92 Å². The molecule has 2 aromatic heterocycles. The first-order valence-corrected chi connectivity index (χ1v) is 11.5. The maximum Gasteiger partial charge on any atom is 0.257 e. The van der Waals surface area contributed by atoms with Gasteiger partial charge < -0.3 is 15.0 Å². The second kappa shape index (κ2) is 9.99. The summed E-state index contributed by atoms with van der Waals surface area (Å²) in [6.07, 6.45) is 7.47. The van der Waals surface area contributed by atoms with Gasteiger partial charge >= 0.3 is 0 Å². The zero-order valence-corrected chi connectivity index (χ0v) is 18.7. The number of nitrogens with zero attached hydrogens (tertiary/aromatic N) is 2. The highest BCUT2D eigenvalue weighted by Gasteiger charge is 2.46. The Kier molecular flexibility index (Phi) is 7.07.